The van der Waals surface area contributed by atoms with Crippen molar-refractivity contribution in [2.45, 2.75) is 13.3 Å². The van der Waals surface area contributed by atoms with Crippen molar-refractivity contribution in [2.24, 2.45) is 4.99 Å². The van der Waals surface area contributed by atoms with Gasteiger partial charge in [-0.05, 0) is 6.42 Å². The molecule has 4 nitrogen and oxygen atoms in total. The number of halogens is 1. The highest BCUT2D eigenvalue weighted by Gasteiger charge is 2.06. The Hall–Kier alpha value is -1.25. The van der Waals surface area contributed by atoms with E-state index >= 15 is 0 Å². The third kappa shape index (κ3) is 1.67. The summed E-state index contributed by atoms with van der Waals surface area (Å²) in [6.07, 6.45) is 3.40. The molecule has 1 aromatic heterocycles. The van der Waals surface area contributed by atoms with Crippen LogP contribution in [-0.4, -0.2) is 16.0 Å². The highest BCUT2D eigenvalue weighted by atomic mass is 35.5. The van der Waals surface area contributed by atoms with E-state index in [1.54, 1.807) is 0 Å². The minimum Gasteiger partial charge on any atom is -0.239 e. The average molecular weight is 184 g/mol. The molecule has 0 saturated heterocycles. The molecule has 0 unspecified atom stereocenters. The quantitative estimate of drug-likeness (QED) is 0.398. The van der Waals surface area contributed by atoms with Crippen LogP contribution in [0.4, 0.5) is 5.69 Å². The van der Waals surface area contributed by atoms with E-state index in [4.69, 9.17) is 11.6 Å². The maximum absolute atomic E-state index is 9.99. The Bertz CT molecular complexity index is 333. The van der Waals surface area contributed by atoms with Crippen LogP contribution in [0, 0.1) is 0 Å². The van der Waals surface area contributed by atoms with Crippen molar-refractivity contribution in [2.75, 3.05) is 0 Å². The number of hydrogen-bond acceptors (Lipinski definition) is 4. The molecule has 0 bridgehead atoms. The maximum atomic E-state index is 9.99. The van der Waals surface area contributed by atoms with Crippen molar-refractivity contribution in [1.82, 2.24) is 9.97 Å². The fourth-order valence-corrected chi connectivity index (χ4v) is 1.00. The molecular formula is C7H6ClN3O. The largest absolute Gasteiger partial charge is 0.240 e. The molecule has 0 atom stereocenters. The third-order valence-electron chi connectivity index (χ3n) is 1.35. The van der Waals surface area contributed by atoms with E-state index in [-0.39, 0.29) is 5.15 Å². The molecule has 1 heterocycles. The Morgan fingerprint density at radius 3 is 3.00 bits per heavy atom. The van der Waals surface area contributed by atoms with Crippen LogP contribution < -0.4 is 0 Å². The summed E-state index contributed by atoms with van der Waals surface area (Å²) >= 11 is 5.66. The van der Waals surface area contributed by atoms with Gasteiger partial charge < -0.3 is 0 Å². The molecule has 12 heavy (non-hydrogen) atoms. The minimum atomic E-state index is 0.185. The van der Waals surface area contributed by atoms with E-state index in [1.807, 2.05) is 6.92 Å². The molecule has 62 valence electrons. The highest BCUT2D eigenvalue weighted by Crippen LogP contribution is 2.24. The zero-order valence-electron chi connectivity index (χ0n) is 6.41. The Morgan fingerprint density at radius 1 is 1.67 bits per heavy atom. The number of aliphatic imine (C=N–C) groups is 1. The van der Waals surface area contributed by atoms with Crippen LogP contribution in [0.2, 0.25) is 5.15 Å². The van der Waals surface area contributed by atoms with Gasteiger partial charge in [-0.1, -0.05) is 18.5 Å². The lowest BCUT2D eigenvalue weighted by Gasteiger charge is -1.99. The van der Waals surface area contributed by atoms with Crippen LogP contribution in [0.25, 0.3) is 0 Å². The van der Waals surface area contributed by atoms with Crippen molar-refractivity contribution >= 4 is 23.4 Å². The Morgan fingerprint density at radius 2 is 2.42 bits per heavy atom. The summed E-state index contributed by atoms with van der Waals surface area (Å²) in [6, 6.07) is 0. The lowest BCUT2D eigenvalue weighted by molar-refractivity contribution is 0.565. The number of rotatable bonds is 2. The molecule has 5 heteroatoms. The van der Waals surface area contributed by atoms with Crippen molar-refractivity contribution in [1.29, 1.82) is 0 Å². The maximum Gasteiger partial charge on any atom is 0.240 e. The summed E-state index contributed by atoms with van der Waals surface area (Å²) < 4.78 is 0. The van der Waals surface area contributed by atoms with Crippen LogP contribution >= 0.6 is 11.6 Å². The summed E-state index contributed by atoms with van der Waals surface area (Å²) in [5.41, 5.74) is 0.968. The molecule has 0 radical (unpaired) electrons. The molecular weight excluding hydrogens is 178 g/mol. The van der Waals surface area contributed by atoms with Crippen molar-refractivity contribution in [3.05, 3.63) is 17.2 Å². The molecule has 0 fully saturated rings. The highest BCUT2D eigenvalue weighted by molar-refractivity contribution is 6.31. The predicted octanol–water partition coefficient (Wildman–Crippen LogP) is 1.66. The lowest BCUT2D eigenvalue weighted by Crippen LogP contribution is -1.89. The first-order valence-corrected chi connectivity index (χ1v) is 3.74. The summed E-state index contributed by atoms with van der Waals surface area (Å²) in [6.45, 7) is 1.89. The van der Waals surface area contributed by atoms with Crippen LogP contribution in [0.3, 0.4) is 0 Å². The summed E-state index contributed by atoms with van der Waals surface area (Å²) in [7, 11) is 0. The fourth-order valence-electron chi connectivity index (χ4n) is 0.806. The topological polar surface area (TPSA) is 55.2 Å². The Balaban J connectivity index is 3.28. The van der Waals surface area contributed by atoms with Crippen molar-refractivity contribution in [3.63, 3.8) is 0 Å². The van der Waals surface area contributed by atoms with E-state index in [1.165, 1.54) is 12.4 Å². The van der Waals surface area contributed by atoms with E-state index in [0.717, 1.165) is 0 Å². The molecule has 0 amide bonds. The lowest BCUT2D eigenvalue weighted by atomic mass is 10.3. The zero-order chi connectivity index (χ0) is 8.97. The molecule has 0 aromatic carbocycles. The van der Waals surface area contributed by atoms with E-state index in [9.17, 15) is 4.79 Å². The normalized spacial score (nSPS) is 9.17. The second-order valence-corrected chi connectivity index (χ2v) is 2.37. The van der Waals surface area contributed by atoms with Gasteiger partial charge in [0, 0.05) is 0 Å². The molecule has 1 aromatic rings. The monoisotopic (exact) mass is 183 g/mol. The molecule has 1 rings (SSSR count). The van der Waals surface area contributed by atoms with Gasteiger partial charge in [0.2, 0.25) is 6.08 Å². The van der Waals surface area contributed by atoms with Gasteiger partial charge in [0.15, 0.2) is 5.15 Å². The smallest absolute Gasteiger partial charge is 0.239 e. The van der Waals surface area contributed by atoms with E-state index < -0.39 is 0 Å². The number of aryl methyl sites for hydroxylation is 1. The van der Waals surface area contributed by atoms with Gasteiger partial charge >= 0.3 is 0 Å². The second-order valence-electron chi connectivity index (χ2n) is 2.02. The fraction of sp³-hybridized carbons (Fsp3) is 0.286. The zero-order valence-corrected chi connectivity index (χ0v) is 7.17. The van der Waals surface area contributed by atoms with Crippen LogP contribution in [-0.2, 0) is 11.2 Å². The van der Waals surface area contributed by atoms with Gasteiger partial charge in [-0.3, -0.25) is 0 Å². The van der Waals surface area contributed by atoms with Crippen LogP contribution in [0.15, 0.2) is 11.3 Å². The van der Waals surface area contributed by atoms with Crippen molar-refractivity contribution < 1.29 is 4.79 Å². The second kappa shape index (κ2) is 3.95. The van der Waals surface area contributed by atoms with E-state index in [2.05, 4.69) is 15.0 Å². The van der Waals surface area contributed by atoms with Gasteiger partial charge in [-0.25, -0.2) is 14.8 Å². The van der Waals surface area contributed by atoms with E-state index in [0.29, 0.717) is 17.8 Å². The first-order chi connectivity index (χ1) is 5.79. The van der Waals surface area contributed by atoms with Gasteiger partial charge in [-0.2, -0.15) is 4.99 Å². The SMILES string of the molecule is CCc1ncnc(Cl)c1N=C=O. The molecule has 0 spiro atoms. The first-order valence-electron chi connectivity index (χ1n) is 3.36. The first kappa shape index (κ1) is 8.84. The minimum absolute atomic E-state index is 0.185. The number of nitrogens with zero attached hydrogens (tertiary/aromatic N) is 3. The molecule has 0 aliphatic rings. The van der Waals surface area contributed by atoms with Gasteiger partial charge in [0.25, 0.3) is 0 Å². The van der Waals surface area contributed by atoms with Crippen molar-refractivity contribution in [3.8, 4) is 0 Å². The predicted molar refractivity (Wildman–Crippen MR) is 44.2 cm³/mol. The average Bonchev–Trinajstić information content (AvgIpc) is 2.09. The molecule has 0 aliphatic heterocycles. The number of hydrogen-bond donors (Lipinski definition) is 0. The standard InChI is InChI=1S/C7H6ClN3O/c1-2-5-6(11-4-12)7(8)10-3-9-5/h3H,2H2,1H3. The number of aromatic nitrogens is 2. The van der Waals surface area contributed by atoms with Gasteiger partial charge in [0.1, 0.15) is 12.0 Å². The van der Waals surface area contributed by atoms with Gasteiger partial charge in [0.05, 0.1) is 5.69 Å². The third-order valence-corrected chi connectivity index (χ3v) is 1.62. The van der Waals surface area contributed by atoms with Gasteiger partial charge in [-0.15, -0.1) is 0 Å². The molecule has 0 saturated carbocycles. The summed E-state index contributed by atoms with van der Waals surface area (Å²) in [4.78, 5) is 21.0. The Kier molecular flexibility index (Phi) is 2.91. The molecule has 0 aliphatic carbocycles. The number of isocyanates is 1. The summed E-state index contributed by atoms with van der Waals surface area (Å²) in [5.74, 6) is 0. The Labute approximate surface area is 74.3 Å². The molecule has 0 N–H and O–H groups in total. The van der Waals surface area contributed by atoms with Crippen LogP contribution in [0.5, 0.6) is 0 Å². The number of carbonyl (C=O) groups excluding carboxylic acids is 1. The van der Waals surface area contributed by atoms with Crippen LogP contribution in [0.1, 0.15) is 12.6 Å². The summed E-state index contributed by atoms with van der Waals surface area (Å²) in [5, 5.41) is 0.185.